The molecule has 88 valence electrons. The van der Waals surface area contributed by atoms with Crippen LogP contribution in [-0.2, 0) is 7.05 Å². The summed E-state index contributed by atoms with van der Waals surface area (Å²) in [7, 11) is 1.71. The third-order valence-electron chi connectivity index (χ3n) is 2.11. The predicted octanol–water partition coefficient (Wildman–Crippen LogP) is 2.79. The minimum Gasteiger partial charge on any atom is -0.299 e. The number of allylic oxidation sites excluding steroid dienone is 1. The van der Waals surface area contributed by atoms with Gasteiger partial charge in [0.25, 0.3) is 5.56 Å². The SMILES string of the molecule is C=Cc1nc(C)n(C)c(=O)c1/C=C\C.CC. The lowest BCUT2D eigenvalue weighted by Crippen LogP contribution is -2.24. The predicted molar refractivity (Wildman–Crippen MR) is 70.4 cm³/mol. The Kier molecular flexibility index (Phi) is 6.08. The highest BCUT2D eigenvalue weighted by molar-refractivity contribution is 5.60. The quantitative estimate of drug-likeness (QED) is 0.768. The topological polar surface area (TPSA) is 34.9 Å². The largest absolute Gasteiger partial charge is 0.299 e. The molecule has 1 aromatic heterocycles. The van der Waals surface area contributed by atoms with Gasteiger partial charge in [-0.25, -0.2) is 4.98 Å². The molecule has 1 rings (SSSR count). The average molecular weight is 220 g/mol. The van der Waals surface area contributed by atoms with Crippen LogP contribution in [-0.4, -0.2) is 9.55 Å². The minimum absolute atomic E-state index is 0.0366. The van der Waals surface area contributed by atoms with Crippen molar-refractivity contribution in [2.24, 2.45) is 7.05 Å². The lowest BCUT2D eigenvalue weighted by atomic mass is 10.2. The number of aromatic nitrogens is 2. The van der Waals surface area contributed by atoms with Crippen LogP contribution in [0.25, 0.3) is 12.2 Å². The van der Waals surface area contributed by atoms with Gasteiger partial charge in [-0.15, -0.1) is 0 Å². The van der Waals surface area contributed by atoms with E-state index in [-0.39, 0.29) is 5.56 Å². The molecular weight excluding hydrogens is 200 g/mol. The summed E-state index contributed by atoms with van der Waals surface area (Å²) < 4.78 is 1.53. The molecule has 0 spiro atoms. The molecule has 0 aliphatic rings. The van der Waals surface area contributed by atoms with Crippen molar-refractivity contribution in [3.05, 3.63) is 40.1 Å². The van der Waals surface area contributed by atoms with Crippen LogP contribution < -0.4 is 5.56 Å². The fraction of sp³-hybridized carbons (Fsp3) is 0.385. The van der Waals surface area contributed by atoms with Crippen molar-refractivity contribution in [1.82, 2.24) is 9.55 Å². The first-order chi connectivity index (χ1) is 7.61. The molecule has 0 unspecified atom stereocenters. The number of hydrogen-bond acceptors (Lipinski definition) is 2. The molecular formula is C13H20N2O. The van der Waals surface area contributed by atoms with Crippen LogP contribution in [0.3, 0.4) is 0 Å². The van der Waals surface area contributed by atoms with Gasteiger partial charge < -0.3 is 0 Å². The molecule has 0 fully saturated rings. The molecule has 0 aromatic carbocycles. The Bertz CT molecular complexity index is 442. The normalized spacial score (nSPS) is 9.81. The summed E-state index contributed by atoms with van der Waals surface area (Å²) in [5, 5.41) is 0. The first kappa shape index (κ1) is 14.4. The van der Waals surface area contributed by atoms with E-state index in [9.17, 15) is 4.79 Å². The van der Waals surface area contributed by atoms with E-state index in [0.29, 0.717) is 17.1 Å². The maximum absolute atomic E-state index is 11.8. The zero-order valence-corrected chi connectivity index (χ0v) is 10.7. The van der Waals surface area contributed by atoms with Gasteiger partial charge in [0.2, 0.25) is 0 Å². The summed E-state index contributed by atoms with van der Waals surface area (Å²) in [5.74, 6) is 0.693. The van der Waals surface area contributed by atoms with E-state index in [1.54, 1.807) is 26.1 Å². The van der Waals surface area contributed by atoms with E-state index in [0.717, 1.165) is 0 Å². The van der Waals surface area contributed by atoms with Crippen molar-refractivity contribution in [3.63, 3.8) is 0 Å². The molecule has 0 atom stereocenters. The first-order valence-corrected chi connectivity index (χ1v) is 5.44. The van der Waals surface area contributed by atoms with Crippen LogP contribution in [0.4, 0.5) is 0 Å². The number of hydrogen-bond donors (Lipinski definition) is 0. The van der Waals surface area contributed by atoms with Crippen LogP contribution in [0.15, 0.2) is 17.4 Å². The second-order valence-corrected chi connectivity index (χ2v) is 3.03. The van der Waals surface area contributed by atoms with Crippen LogP contribution in [0.5, 0.6) is 0 Å². The summed E-state index contributed by atoms with van der Waals surface area (Å²) >= 11 is 0. The number of rotatable bonds is 2. The van der Waals surface area contributed by atoms with Crippen molar-refractivity contribution in [3.8, 4) is 0 Å². The van der Waals surface area contributed by atoms with Crippen molar-refractivity contribution in [1.29, 1.82) is 0 Å². The molecule has 3 heteroatoms. The molecule has 0 bridgehead atoms. The zero-order chi connectivity index (χ0) is 12.7. The molecule has 0 saturated heterocycles. The molecule has 0 radical (unpaired) electrons. The average Bonchev–Trinajstić information content (AvgIpc) is 2.32. The van der Waals surface area contributed by atoms with Gasteiger partial charge in [-0.1, -0.05) is 32.6 Å². The monoisotopic (exact) mass is 220 g/mol. The van der Waals surface area contributed by atoms with Crippen molar-refractivity contribution < 1.29 is 0 Å². The molecule has 0 aliphatic carbocycles. The van der Waals surface area contributed by atoms with Gasteiger partial charge >= 0.3 is 0 Å². The van der Waals surface area contributed by atoms with Gasteiger partial charge in [0, 0.05) is 7.05 Å². The summed E-state index contributed by atoms with van der Waals surface area (Å²) in [4.78, 5) is 16.0. The van der Waals surface area contributed by atoms with Gasteiger partial charge in [-0.05, 0) is 19.9 Å². The molecule has 3 nitrogen and oxygen atoms in total. The van der Waals surface area contributed by atoms with Gasteiger partial charge in [0.1, 0.15) is 5.82 Å². The zero-order valence-electron chi connectivity index (χ0n) is 10.7. The van der Waals surface area contributed by atoms with E-state index in [1.807, 2.05) is 26.8 Å². The summed E-state index contributed by atoms with van der Waals surface area (Å²) in [6.45, 7) is 11.3. The Morgan fingerprint density at radius 3 is 2.38 bits per heavy atom. The molecule has 16 heavy (non-hydrogen) atoms. The summed E-state index contributed by atoms with van der Waals surface area (Å²) in [6.07, 6.45) is 5.18. The lowest BCUT2D eigenvalue weighted by Gasteiger charge is -2.06. The Hall–Kier alpha value is -1.64. The van der Waals surface area contributed by atoms with Crippen LogP contribution in [0.2, 0.25) is 0 Å². The van der Waals surface area contributed by atoms with E-state index in [1.165, 1.54) is 4.57 Å². The standard InChI is InChI=1S/C11H14N2O.C2H6/c1-5-7-9-10(6-2)12-8(3)13(4)11(9)14;1-2/h5-7H,2H2,1,3-4H3;1-2H3/b7-5-;. The fourth-order valence-corrected chi connectivity index (χ4v) is 1.23. The molecule has 0 amide bonds. The Morgan fingerprint density at radius 2 is 1.94 bits per heavy atom. The first-order valence-electron chi connectivity index (χ1n) is 5.44. The summed E-state index contributed by atoms with van der Waals surface area (Å²) in [6, 6.07) is 0. The Balaban J connectivity index is 0.00000106. The van der Waals surface area contributed by atoms with E-state index in [4.69, 9.17) is 0 Å². The van der Waals surface area contributed by atoms with Crippen molar-refractivity contribution in [2.75, 3.05) is 0 Å². The maximum atomic E-state index is 11.8. The molecule has 1 aromatic rings. The number of aryl methyl sites for hydroxylation is 1. The molecule has 0 N–H and O–H groups in total. The number of nitrogens with zero attached hydrogens (tertiary/aromatic N) is 2. The lowest BCUT2D eigenvalue weighted by molar-refractivity contribution is 0.769. The molecule has 0 aliphatic heterocycles. The third-order valence-corrected chi connectivity index (χ3v) is 2.11. The summed E-state index contributed by atoms with van der Waals surface area (Å²) in [5.41, 5.74) is 1.20. The third kappa shape index (κ3) is 2.92. The highest BCUT2D eigenvalue weighted by Gasteiger charge is 2.06. The smallest absolute Gasteiger partial charge is 0.261 e. The van der Waals surface area contributed by atoms with Crippen LogP contribution in [0.1, 0.15) is 37.9 Å². The van der Waals surface area contributed by atoms with Crippen molar-refractivity contribution in [2.45, 2.75) is 27.7 Å². The molecule has 0 saturated carbocycles. The van der Waals surface area contributed by atoms with Gasteiger partial charge in [-0.2, -0.15) is 0 Å². The van der Waals surface area contributed by atoms with Gasteiger partial charge in [0.15, 0.2) is 0 Å². The Morgan fingerprint density at radius 1 is 1.38 bits per heavy atom. The van der Waals surface area contributed by atoms with E-state index in [2.05, 4.69) is 11.6 Å². The van der Waals surface area contributed by atoms with Gasteiger partial charge in [0.05, 0.1) is 11.3 Å². The second kappa shape index (κ2) is 6.77. The minimum atomic E-state index is -0.0366. The molecule has 1 heterocycles. The second-order valence-electron chi connectivity index (χ2n) is 3.03. The fourth-order valence-electron chi connectivity index (χ4n) is 1.23. The van der Waals surface area contributed by atoms with Gasteiger partial charge in [-0.3, -0.25) is 9.36 Å². The van der Waals surface area contributed by atoms with E-state index < -0.39 is 0 Å². The highest BCUT2D eigenvalue weighted by Crippen LogP contribution is 2.05. The van der Waals surface area contributed by atoms with Crippen LogP contribution in [0, 0.1) is 6.92 Å². The van der Waals surface area contributed by atoms with Crippen LogP contribution >= 0.6 is 0 Å². The highest BCUT2D eigenvalue weighted by atomic mass is 16.1. The Labute approximate surface area is 97.2 Å². The van der Waals surface area contributed by atoms with Crippen molar-refractivity contribution >= 4 is 12.2 Å². The van der Waals surface area contributed by atoms with E-state index >= 15 is 0 Å². The maximum Gasteiger partial charge on any atom is 0.261 e.